The van der Waals surface area contributed by atoms with Gasteiger partial charge in [-0.1, -0.05) is 0 Å². The van der Waals surface area contributed by atoms with E-state index in [2.05, 4.69) is 0 Å². The van der Waals surface area contributed by atoms with E-state index >= 15 is 0 Å². The minimum absolute atomic E-state index is 0.597. The first kappa shape index (κ1) is 24.8. The molecule has 0 aliphatic carbocycles. The van der Waals surface area contributed by atoms with Crippen molar-refractivity contribution in [2.24, 2.45) is 45.9 Å². The van der Waals surface area contributed by atoms with E-state index in [4.69, 9.17) is 45.9 Å². The summed E-state index contributed by atoms with van der Waals surface area (Å²) in [7, 11) is 0. The van der Waals surface area contributed by atoms with Crippen molar-refractivity contribution in [1.82, 2.24) is 0 Å². The van der Waals surface area contributed by atoms with Gasteiger partial charge in [0.15, 0.2) is 0 Å². The van der Waals surface area contributed by atoms with Crippen molar-refractivity contribution in [3.63, 3.8) is 0 Å². The molecule has 16 heavy (non-hydrogen) atoms. The molecule has 0 aliphatic rings. The quantitative estimate of drug-likeness (QED) is 0.240. The Morgan fingerprint density at radius 3 is 0.312 bits per heavy atom. The van der Waals surface area contributed by atoms with Crippen LogP contribution in [0, 0.1) is 0 Å². The van der Waals surface area contributed by atoms with Gasteiger partial charge < -0.3 is 45.9 Å². The van der Waals surface area contributed by atoms with Crippen LogP contribution in [0.25, 0.3) is 0 Å². The Balaban J connectivity index is -0.0000000600. The molecule has 8 heteroatoms. The lowest BCUT2D eigenvalue weighted by Gasteiger charge is -1.72. The Hall–Kier alpha value is -0.320. The van der Waals surface area contributed by atoms with Crippen LogP contribution in [-0.4, -0.2) is 52.4 Å². The summed E-state index contributed by atoms with van der Waals surface area (Å²) in [6, 6.07) is 0. The van der Waals surface area contributed by atoms with Gasteiger partial charge in [-0.2, -0.15) is 0 Å². The van der Waals surface area contributed by atoms with Crippen LogP contribution in [0.4, 0.5) is 0 Å². The highest BCUT2D eigenvalue weighted by Gasteiger charge is 1.55. The highest BCUT2D eigenvalue weighted by Crippen LogP contribution is 1.25. The molecule has 0 aromatic rings. The standard InChI is InChI=1S/4C2H8N2/c4*3-1-2-4/h4*1-4H2. The fourth-order valence-electron chi connectivity index (χ4n) is 0. The van der Waals surface area contributed by atoms with Gasteiger partial charge in [0.1, 0.15) is 0 Å². The summed E-state index contributed by atoms with van der Waals surface area (Å²) in [5.74, 6) is 0. The maximum Gasteiger partial charge on any atom is 0.00461 e. The maximum atomic E-state index is 4.90. The van der Waals surface area contributed by atoms with Crippen LogP contribution in [0.3, 0.4) is 0 Å². The van der Waals surface area contributed by atoms with Crippen LogP contribution in [0.2, 0.25) is 0 Å². The summed E-state index contributed by atoms with van der Waals surface area (Å²) in [6.07, 6.45) is 0. The van der Waals surface area contributed by atoms with Crippen LogP contribution in [-0.2, 0) is 0 Å². The van der Waals surface area contributed by atoms with Crippen molar-refractivity contribution in [1.29, 1.82) is 0 Å². The van der Waals surface area contributed by atoms with Crippen molar-refractivity contribution < 1.29 is 0 Å². The maximum absolute atomic E-state index is 4.90. The largest absolute Gasteiger partial charge is 0.329 e. The molecule has 0 radical (unpaired) electrons. The van der Waals surface area contributed by atoms with Gasteiger partial charge in [-0.15, -0.1) is 0 Å². The Kier molecular flexibility index (Phi) is 72.1. The molecular formula is C8H32N8. The highest BCUT2D eigenvalue weighted by atomic mass is 14.6. The third kappa shape index (κ3) is 162. The predicted molar refractivity (Wildman–Crippen MR) is 72.4 cm³/mol. The fourth-order valence-corrected chi connectivity index (χ4v) is 0. The van der Waals surface area contributed by atoms with E-state index in [1.165, 1.54) is 0 Å². The highest BCUT2D eigenvalue weighted by molar-refractivity contribution is 4.27. The van der Waals surface area contributed by atoms with E-state index in [1.54, 1.807) is 0 Å². The normalized spacial score (nSPS) is 7.50. The van der Waals surface area contributed by atoms with Crippen molar-refractivity contribution >= 4 is 0 Å². The zero-order chi connectivity index (χ0) is 13.7. The Bertz CT molecular complexity index is 40.0. The average Bonchev–Trinajstić information content (AvgIpc) is 2.39. The predicted octanol–water partition coefficient (Wildman–Crippen LogP) is -4.38. The van der Waals surface area contributed by atoms with E-state index in [1.807, 2.05) is 0 Å². The molecular weight excluding hydrogens is 208 g/mol. The molecule has 0 rings (SSSR count). The lowest BCUT2D eigenvalue weighted by atomic mass is 10.7. The topological polar surface area (TPSA) is 208 Å². The molecule has 0 bridgehead atoms. The van der Waals surface area contributed by atoms with Gasteiger partial charge in [0, 0.05) is 52.4 Å². The monoisotopic (exact) mass is 240 g/mol. The van der Waals surface area contributed by atoms with Crippen molar-refractivity contribution in [3.8, 4) is 0 Å². The Labute approximate surface area is 99.0 Å². The number of rotatable bonds is 4. The van der Waals surface area contributed by atoms with E-state index in [0.29, 0.717) is 52.4 Å². The molecule has 0 saturated heterocycles. The van der Waals surface area contributed by atoms with E-state index in [9.17, 15) is 0 Å². The third-order valence-corrected chi connectivity index (χ3v) is 0.667. The fraction of sp³-hybridized carbons (Fsp3) is 1.00. The van der Waals surface area contributed by atoms with Crippen LogP contribution in [0.1, 0.15) is 0 Å². The SMILES string of the molecule is NCCN.NCCN.NCCN.NCCN. The summed E-state index contributed by atoms with van der Waals surface area (Å²) < 4.78 is 0. The van der Waals surface area contributed by atoms with Crippen LogP contribution in [0.5, 0.6) is 0 Å². The number of hydrogen-bond donors (Lipinski definition) is 8. The van der Waals surface area contributed by atoms with Crippen LogP contribution >= 0.6 is 0 Å². The van der Waals surface area contributed by atoms with E-state index in [-0.39, 0.29) is 0 Å². The zero-order valence-electron chi connectivity index (χ0n) is 10.3. The number of hydrogen-bond acceptors (Lipinski definition) is 8. The molecule has 0 amide bonds. The average molecular weight is 240 g/mol. The molecule has 0 aromatic carbocycles. The third-order valence-electron chi connectivity index (χ3n) is 0.667. The molecule has 0 aromatic heterocycles. The first-order chi connectivity index (χ1) is 7.66. The Morgan fingerprint density at radius 1 is 0.250 bits per heavy atom. The minimum Gasteiger partial charge on any atom is -0.329 e. The molecule has 104 valence electrons. The molecule has 8 nitrogen and oxygen atoms in total. The molecule has 0 atom stereocenters. The summed E-state index contributed by atoms with van der Waals surface area (Å²) in [4.78, 5) is 0. The van der Waals surface area contributed by atoms with Gasteiger partial charge in [0.2, 0.25) is 0 Å². The summed E-state index contributed by atoms with van der Waals surface area (Å²) >= 11 is 0. The molecule has 0 aliphatic heterocycles. The van der Waals surface area contributed by atoms with Crippen LogP contribution in [0.15, 0.2) is 0 Å². The van der Waals surface area contributed by atoms with Crippen LogP contribution < -0.4 is 45.9 Å². The van der Waals surface area contributed by atoms with Gasteiger partial charge in [-0.05, 0) is 0 Å². The van der Waals surface area contributed by atoms with Crippen molar-refractivity contribution in [2.45, 2.75) is 0 Å². The first-order valence-electron chi connectivity index (χ1n) is 5.27. The van der Waals surface area contributed by atoms with Gasteiger partial charge in [-0.25, -0.2) is 0 Å². The van der Waals surface area contributed by atoms with Crippen molar-refractivity contribution in [3.05, 3.63) is 0 Å². The van der Waals surface area contributed by atoms with Crippen molar-refractivity contribution in [2.75, 3.05) is 52.4 Å². The molecule has 0 spiro atoms. The molecule has 0 unspecified atom stereocenters. The minimum atomic E-state index is 0.597. The van der Waals surface area contributed by atoms with E-state index in [0.717, 1.165) is 0 Å². The Morgan fingerprint density at radius 2 is 0.312 bits per heavy atom. The van der Waals surface area contributed by atoms with Gasteiger partial charge in [0.05, 0.1) is 0 Å². The molecule has 16 N–H and O–H groups in total. The molecule has 0 heterocycles. The summed E-state index contributed by atoms with van der Waals surface area (Å²) in [5.41, 5.74) is 39.2. The molecule has 0 fully saturated rings. The van der Waals surface area contributed by atoms with Gasteiger partial charge in [-0.3, -0.25) is 0 Å². The summed E-state index contributed by atoms with van der Waals surface area (Å²) in [5, 5.41) is 0. The second kappa shape index (κ2) is 46.6. The number of nitrogens with two attached hydrogens (primary N) is 8. The molecule has 0 saturated carbocycles. The smallest absolute Gasteiger partial charge is 0.00461 e. The van der Waals surface area contributed by atoms with Gasteiger partial charge >= 0.3 is 0 Å². The summed E-state index contributed by atoms with van der Waals surface area (Å²) in [6.45, 7) is 4.78. The second-order valence-corrected chi connectivity index (χ2v) is 2.31. The lowest BCUT2D eigenvalue weighted by Crippen LogP contribution is -2.11. The van der Waals surface area contributed by atoms with Gasteiger partial charge in [0.25, 0.3) is 0 Å². The lowest BCUT2D eigenvalue weighted by molar-refractivity contribution is 0.976. The first-order valence-corrected chi connectivity index (χ1v) is 5.27. The van der Waals surface area contributed by atoms with E-state index < -0.39 is 0 Å². The zero-order valence-corrected chi connectivity index (χ0v) is 10.3. The second-order valence-electron chi connectivity index (χ2n) is 2.31.